The van der Waals surface area contributed by atoms with E-state index < -0.39 is 0 Å². The molecule has 1 atom stereocenters. The summed E-state index contributed by atoms with van der Waals surface area (Å²) in [5.74, 6) is -0.429. The highest BCUT2D eigenvalue weighted by atomic mass is 79.9. The lowest BCUT2D eigenvalue weighted by Crippen LogP contribution is -2.37. The predicted molar refractivity (Wildman–Crippen MR) is 92.1 cm³/mol. The number of carbonyl (C=O) groups excluding carboxylic acids is 2. The second-order valence-electron chi connectivity index (χ2n) is 4.93. The van der Waals surface area contributed by atoms with E-state index in [1.165, 1.54) is 11.3 Å². The molecule has 0 aliphatic heterocycles. The second kappa shape index (κ2) is 7.56. The fraction of sp³-hybridized carbons (Fsp3) is 0.250. The van der Waals surface area contributed by atoms with Gasteiger partial charge in [-0.15, -0.1) is 11.3 Å². The van der Waals surface area contributed by atoms with Crippen LogP contribution in [0.25, 0.3) is 0 Å². The fourth-order valence-corrected chi connectivity index (χ4v) is 2.98. The molecule has 0 radical (unpaired) electrons. The highest BCUT2D eigenvalue weighted by Gasteiger charge is 2.12. The lowest BCUT2D eigenvalue weighted by Gasteiger charge is -2.14. The Hall–Kier alpha value is -1.66. The summed E-state index contributed by atoms with van der Waals surface area (Å²) in [5, 5.41) is 5.49. The Balaban J connectivity index is 1.82. The minimum absolute atomic E-state index is 0.0311. The van der Waals surface area contributed by atoms with Crippen LogP contribution in [0.15, 0.2) is 40.9 Å². The van der Waals surface area contributed by atoms with Gasteiger partial charge in [0, 0.05) is 9.35 Å². The van der Waals surface area contributed by atoms with Gasteiger partial charge in [0.05, 0.1) is 17.5 Å². The van der Waals surface area contributed by atoms with E-state index in [2.05, 4.69) is 26.6 Å². The molecule has 2 amide bonds. The fourth-order valence-electron chi connectivity index (χ4n) is 1.93. The number of carbonyl (C=O) groups is 2. The zero-order valence-corrected chi connectivity index (χ0v) is 14.8. The van der Waals surface area contributed by atoms with Gasteiger partial charge in [-0.1, -0.05) is 28.1 Å². The maximum Gasteiger partial charge on any atom is 0.261 e. The average molecular weight is 381 g/mol. The standard InChI is InChI=1S/C16H17BrN2O2S/c1-10-3-8-14(22-10)16(21)18-9-15(20)19-11(2)12-4-6-13(17)7-5-12/h3-8,11H,9H2,1-2H3,(H,18,21)(H,19,20)/t11-/m1/s1. The normalized spacial score (nSPS) is 11.8. The van der Waals surface area contributed by atoms with Crippen LogP contribution in [0.2, 0.25) is 0 Å². The molecule has 2 rings (SSSR count). The SMILES string of the molecule is Cc1ccc(C(=O)NCC(=O)N[C@H](C)c2ccc(Br)cc2)s1. The summed E-state index contributed by atoms with van der Waals surface area (Å²) in [6.07, 6.45) is 0. The predicted octanol–water partition coefficient (Wildman–Crippen LogP) is 3.43. The maximum absolute atomic E-state index is 11.9. The summed E-state index contributed by atoms with van der Waals surface area (Å²) in [6.45, 7) is 3.82. The first kappa shape index (κ1) is 16.7. The molecule has 0 bridgehead atoms. The highest BCUT2D eigenvalue weighted by Crippen LogP contribution is 2.16. The molecule has 0 spiro atoms. The van der Waals surface area contributed by atoms with Crippen molar-refractivity contribution in [1.82, 2.24) is 10.6 Å². The molecule has 0 saturated carbocycles. The van der Waals surface area contributed by atoms with Crippen LogP contribution >= 0.6 is 27.3 Å². The van der Waals surface area contributed by atoms with Crippen LogP contribution in [0.5, 0.6) is 0 Å². The number of amides is 2. The van der Waals surface area contributed by atoms with E-state index in [-0.39, 0.29) is 24.4 Å². The number of benzene rings is 1. The van der Waals surface area contributed by atoms with Crippen molar-refractivity contribution in [2.45, 2.75) is 19.9 Å². The number of nitrogens with one attached hydrogen (secondary N) is 2. The number of hydrogen-bond acceptors (Lipinski definition) is 3. The Morgan fingerprint density at radius 3 is 2.45 bits per heavy atom. The number of thiophene rings is 1. The van der Waals surface area contributed by atoms with Crippen molar-refractivity contribution in [2.24, 2.45) is 0 Å². The van der Waals surface area contributed by atoms with E-state index in [1.54, 1.807) is 6.07 Å². The van der Waals surface area contributed by atoms with E-state index in [9.17, 15) is 9.59 Å². The maximum atomic E-state index is 11.9. The van der Waals surface area contributed by atoms with Crippen molar-refractivity contribution in [3.63, 3.8) is 0 Å². The van der Waals surface area contributed by atoms with Gasteiger partial charge in [-0.05, 0) is 43.7 Å². The van der Waals surface area contributed by atoms with Crippen molar-refractivity contribution in [2.75, 3.05) is 6.54 Å². The zero-order valence-electron chi connectivity index (χ0n) is 12.4. The third-order valence-electron chi connectivity index (χ3n) is 3.12. The van der Waals surface area contributed by atoms with Gasteiger partial charge in [0.1, 0.15) is 0 Å². The lowest BCUT2D eigenvalue weighted by molar-refractivity contribution is -0.120. The summed E-state index contributed by atoms with van der Waals surface area (Å²) < 4.78 is 0.994. The van der Waals surface area contributed by atoms with Crippen LogP contribution in [0.4, 0.5) is 0 Å². The molecule has 1 aromatic carbocycles. The summed E-state index contributed by atoms with van der Waals surface area (Å²) in [5.41, 5.74) is 1.01. The molecule has 0 aliphatic carbocycles. The van der Waals surface area contributed by atoms with Crippen molar-refractivity contribution >= 4 is 39.1 Å². The van der Waals surface area contributed by atoms with Gasteiger partial charge in [0.25, 0.3) is 5.91 Å². The van der Waals surface area contributed by atoms with E-state index >= 15 is 0 Å². The molecule has 2 aromatic rings. The Morgan fingerprint density at radius 2 is 1.86 bits per heavy atom. The van der Waals surface area contributed by atoms with Gasteiger partial charge in [0.2, 0.25) is 5.91 Å². The van der Waals surface area contributed by atoms with Crippen molar-refractivity contribution in [1.29, 1.82) is 0 Å². The van der Waals surface area contributed by atoms with Crippen molar-refractivity contribution in [3.8, 4) is 0 Å². The smallest absolute Gasteiger partial charge is 0.261 e. The van der Waals surface area contributed by atoms with Gasteiger partial charge in [0.15, 0.2) is 0 Å². The molecule has 0 unspecified atom stereocenters. The van der Waals surface area contributed by atoms with Crippen LogP contribution in [0, 0.1) is 6.92 Å². The zero-order chi connectivity index (χ0) is 16.1. The molecule has 0 fully saturated rings. The largest absolute Gasteiger partial charge is 0.348 e. The number of aryl methyl sites for hydroxylation is 1. The third kappa shape index (κ3) is 4.68. The van der Waals surface area contributed by atoms with Crippen LogP contribution in [0.3, 0.4) is 0 Å². The minimum atomic E-state index is -0.218. The molecular weight excluding hydrogens is 364 g/mol. The van der Waals surface area contributed by atoms with Gasteiger partial charge >= 0.3 is 0 Å². The quantitative estimate of drug-likeness (QED) is 0.834. The first-order chi connectivity index (χ1) is 10.5. The van der Waals surface area contributed by atoms with E-state index in [4.69, 9.17) is 0 Å². The molecule has 0 aliphatic rings. The first-order valence-electron chi connectivity index (χ1n) is 6.85. The molecule has 2 N–H and O–H groups in total. The second-order valence-corrected chi connectivity index (χ2v) is 7.14. The Labute approximate surface area is 142 Å². The summed E-state index contributed by atoms with van der Waals surface area (Å²) >= 11 is 4.79. The monoisotopic (exact) mass is 380 g/mol. The average Bonchev–Trinajstić information content (AvgIpc) is 2.92. The first-order valence-corrected chi connectivity index (χ1v) is 8.46. The van der Waals surface area contributed by atoms with Crippen LogP contribution in [-0.2, 0) is 4.79 Å². The summed E-state index contributed by atoms with van der Waals surface area (Å²) in [6, 6.07) is 11.3. The lowest BCUT2D eigenvalue weighted by atomic mass is 10.1. The van der Waals surface area contributed by atoms with Crippen LogP contribution < -0.4 is 10.6 Å². The van der Waals surface area contributed by atoms with E-state index in [1.807, 2.05) is 44.2 Å². The van der Waals surface area contributed by atoms with Crippen molar-refractivity contribution in [3.05, 3.63) is 56.2 Å². The van der Waals surface area contributed by atoms with Gasteiger partial charge in [-0.2, -0.15) is 0 Å². The molecule has 1 aromatic heterocycles. The Kier molecular flexibility index (Phi) is 5.74. The molecule has 4 nitrogen and oxygen atoms in total. The van der Waals surface area contributed by atoms with Gasteiger partial charge in [-0.3, -0.25) is 9.59 Å². The highest BCUT2D eigenvalue weighted by molar-refractivity contribution is 9.10. The summed E-state index contributed by atoms with van der Waals surface area (Å²) in [7, 11) is 0. The Morgan fingerprint density at radius 1 is 1.18 bits per heavy atom. The van der Waals surface area contributed by atoms with Gasteiger partial charge in [-0.25, -0.2) is 0 Å². The topological polar surface area (TPSA) is 58.2 Å². The molecule has 6 heteroatoms. The molecule has 116 valence electrons. The van der Waals surface area contributed by atoms with Crippen molar-refractivity contribution < 1.29 is 9.59 Å². The molecule has 22 heavy (non-hydrogen) atoms. The molecule has 1 heterocycles. The number of rotatable bonds is 5. The molecule has 0 saturated heterocycles. The number of hydrogen-bond donors (Lipinski definition) is 2. The van der Waals surface area contributed by atoms with Crippen LogP contribution in [0.1, 0.15) is 33.1 Å². The third-order valence-corrected chi connectivity index (χ3v) is 4.65. The number of halogens is 1. The van der Waals surface area contributed by atoms with E-state index in [0.717, 1.165) is 14.9 Å². The summed E-state index contributed by atoms with van der Waals surface area (Å²) in [4.78, 5) is 25.5. The minimum Gasteiger partial charge on any atom is -0.348 e. The Bertz CT molecular complexity index is 667. The van der Waals surface area contributed by atoms with E-state index in [0.29, 0.717) is 4.88 Å². The molecular formula is C16H17BrN2O2S. The van der Waals surface area contributed by atoms with Gasteiger partial charge < -0.3 is 10.6 Å². The van der Waals surface area contributed by atoms with Crippen LogP contribution in [-0.4, -0.2) is 18.4 Å².